The lowest BCUT2D eigenvalue weighted by Gasteiger charge is -2.43. The first-order chi connectivity index (χ1) is 17.1. The van der Waals surface area contributed by atoms with Crippen molar-refractivity contribution in [2.24, 2.45) is 5.73 Å². The number of halogens is 3. The van der Waals surface area contributed by atoms with E-state index in [1.165, 1.54) is 50.4 Å². The molecule has 0 saturated heterocycles. The molecule has 1 amide bonds. The molecule has 194 valence electrons. The number of rotatable bonds is 6. The van der Waals surface area contributed by atoms with Crippen LogP contribution in [0, 0.1) is 5.82 Å². The quantitative estimate of drug-likeness (QED) is 0.432. The predicted octanol–water partition coefficient (Wildman–Crippen LogP) is 4.38. The average Bonchev–Trinajstić information content (AvgIpc) is 3.24. The van der Waals surface area contributed by atoms with Gasteiger partial charge < -0.3 is 15.4 Å². The summed E-state index contributed by atoms with van der Waals surface area (Å²) in [6.07, 6.45) is 6.12. The Morgan fingerprint density at radius 1 is 1.16 bits per heavy atom. The van der Waals surface area contributed by atoms with E-state index in [0.717, 1.165) is 16.9 Å². The van der Waals surface area contributed by atoms with E-state index in [1.807, 2.05) is 0 Å². The number of imidazole rings is 1. The fourth-order valence-corrected chi connectivity index (χ4v) is 6.11. The highest BCUT2D eigenvalue weighted by Crippen LogP contribution is 2.50. The number of hydrogen-bond donors (Lipinski definition) is 2. The third-order valence-corrected chi connectivity index (χ3v) is 9.35. The van der Waals surface area contributed by atoms with Crippen LogP contribution in [0.15, 0.2) is 73.0 Å². The second-order valence-electron chi connectivity index (χ2n) is 9.32. The summed E-state index contributed by atoms with van der Waals surface area (Å²) in [7, 11) is -4.31. The molecule has 4 rings (SSSR count). The van der Waals surface area contributed by atoms with Gasteiger partial charge in [0.15, 0.2) is 19.6 Å². The molecule has 1 heterocycles. The number of primary amides is 1. The van der Waals surface area contributed by atoms with Crippen molar-refractivity contribution in [2.45, 2.75) is 29.2 Å². The Balaban J connectivity index is 2.14. The Hall–Kier alpha value is -2.98. The van der Waals surface area contributed by atoms with Gasteiger partial charge in [0.05, 0.1) is 16.3 Å². The van der Waals surface area contributed by atoms with E-state index in [0.29, 0.717) is 11.1 Å². The lowest BCUT2D eigenvalue weighted by molar-refractivity contribution is -0.124. The average molecular weight is 564 g/mol. The molecule has 0 radical (unpaired) electrons. The molecule has 11 heteroatoms. The number of alkyl halides is 1. The van der Waals surface area contributed by atoms with Crippen molar-refractivity contribution in [3.63, 3.8) is 0 Å². The highest BCUT2D eigenvalue weighted by Gasteiger charge is 2.62. The number of allylic oxidation sites excluding steroid dienone is 2. The van der Waals surface area contributed by atoms with Crippen LogP contribution < -0.4 is 5.73 Å². The third-order valence-electron chi connectivity index (χ3n) is 6.29. The zero-order valence-electron chi connectivity index (χ0n) is 20.1. The van der Waals surface area contributed by atoms with Crippen molar-refractivity contribution < 1.29 is 22.7 Å². The molecule has 0 aliphatic heterocycles. The Morgan fingerprint density at radius 3 is 2.35 bits per heavy atom. The number of carbonyl (C=O) groups excluding carboxylic acids is 1. The molecule has 1 aliphatic carbocycles. The molecule has 0 spiro atoms. The number of aromatic nitrogens is 2. The van der Waals surface area contributed by atoms with Crippen LogP contribution in [0.25, 0.3) is 17.0 Å². The van der Waals surface area contributed by atoms with E-state index < -0.39 is 36.9 Å². The second-order valence-corrected chi connectivity index (χ2v) is 12.7. The summed E-state index contributed by atoms with van der Waals surface area (Å²) in [4.78, 5) is 17.7. The lowest BCUT2D eigenvalue weighted by atomic mass is 9.84. The van der Waals surface area contributed by atoms with Crippen LogP contribution in [0.5, 0.6) is 0 Å². The SMILES string of the molecule is CC(C)(O)c1cn(C2(C(N)=O)C=CC(c3ccccc3)=CC2(Cl)S(C)(=O)=O)c(-c2c(F)cccc2Cl)n1. The van der Waals surface area contributed by atoms with Crippen molar-refractivity contribution in [2.75, 3.05) is 6.26 Å². The van der Waals surface area contributed by atoms with Crippen LogP contribution in [-0.4, -0.2) is 39.4 Å². The normalized spacial score (nSPS) is 22.1. The monoisotopic (exact) mass is 563 g/mol. The third kappa shape index (κ3) is 4.29. The zero-order chi connectivity index (χ0) is 27.4. The van der Waals surface area contributed by atoms with E-state index in [1.54, 1.807) is 30.3 Å². The molecule has 0 saturated carbocycles. The van der Waals surface area contributed by atoms with Crippen LogP contribution >= 0.6 is 23.2 Å². The van der Waals surface area contributed by atoms with E-state index in [-0.39, 0.29) is 22.1 Å². The molecule has 37 heavy (non-hydrogen) atoms. The van der Waals surface area contributed by atoms with Crippen LogP contribution in [0.3, 0.4) is 0 Å². The van der Waals surface area contributed by atoms with Gasteiger partial charge >= 0.3 is 0 Å². The Labute approximate surface area is 224 Å². The first kappa shape index (κ1) is 27.1. The topological polar surface area (TPSA) is 115 Å². The van der Waals surface area contributed by atoms with E-state index in [4.69, 9.17) is 28.9 Å². The Morgan fingerprint density at radius 2 is 1.81 bits per heavy atom. The first-order valence-corrected chi connectivity index (χ1v) is 13.7. The van der Waals surface area contributed by atoms with Gasteiger partial charge in [-0.15, -0.1) is 0 Å². The summed E-state index contributed by atoms with van der Waals surface area (Å²) in [5.74, 6) is -2.18. The van der Waals surface area contributed by atoms with Crippen LogP contribution in [0.2, 0.25) is 5.02 Å². The van der Waals surface area contributed by atoms with Crippen molar-refractivity contribution >= 4 is 44.5 Å². The number of hydrogen-bond acceptors (Lipinski definition) is 5. The number of benzene rings is 2. The maximum Gasteiger partial charge on any atom is 0.251 e. The van der Waals surface area contributed by atoms with Gasteiger partial charge in [0, 0.05) is 12.5 Å². The van der Waals surface area contributed by atoms with Crippen LogP contribution in [0.1, 0.15) is 25.1 Å². The predicted molar refractivity (Wildman–Crippen MR) is 142 cm³/mol. The first-order valence-electron chi connectivity index (χ1n) is 11.1. The number of aliphatic hydroxyl groups is 1. The van der Waals surface area contributed by atoms with Gasteiger partial charge in [-0.3, -0.25) is 4.79 Å². The molecule has 7 nitrogen and oxygen atoms in total. The number of nitrogens with two attached hydrogens (primary N) is 1. The number of nitrogens with zero attached hydrogens (tertiary/aromatic N) is 2. The van der Waals surface area contributed by atoms with Crippen LogP contribution in [0.4, 0.5) is 4.39 Å². The molecular formula is C26H24Cl2FN3O4S. The van der Waals surface area contributed by atoms with Crippen LogP contribution in [-0.2, 0) is 25.8 Å². The van der Waals surface area contributed by atoms with Crippen molar-refractivity contribution in [3.8, 4) is 11.4 Å². The number of sulfone groups is 1. The smallest absolute Gasteiger partial charge is 0.251 e. The molecule has 2 atom stereocenters. The maximum atomic E-state index is 15.1. The fraction of sp³-hybridized carbons (Fsp3) is 0.231. The highest BCUT2D eigenvalue weighted by atomic mass is 35.5. The Kier molecular flexibility index (Phi) is 6.65. The lowest BCUT2D eigenvalue weighted by Crippen LogP contribution is -2.62. The van der Waals surface area contributed by atoms with Crippen molar-refractivity contribution in [1.82, 2.24) is 9.55 Å². The van der Waals surface area contributed by atoms with Gasteiger partial charge in [-0.25, -0.2) is 17.8 Å². The summed E-state index contributed by atoms with van der Waals surface area (Å²) in [6.45, 7) is 2.86. The van der Waals surface area contributed by atoms with Crippen molar-refractivity contribution in [3.05, 3.63) is 95.1 Å². The summed E-state index contributed by atoms with van der Waals surface area (Å²) < 4.78 is 40.5. The minimum atomic E-state index is -4.31. The van der Waals surface area contributed by atoms with Gasteiger partial charge in [-0.2, -0.15) is 0 Å². The Bertz CT molecular complexity index is 1540. The fourth-order valence-electron chi connectivity index (χ4n) is 4.33. The molecule has 1 aliphatic rings. The molecule has 0 fully saturated rings. The van der Waals surface area contributed by atoms with Gasteiger partial charge in [-0.05, 0) is 49.3 Å². The number of amides is 1. The minimum Gasteiger partial charge on any atom is -0.384 e. The van der Waals surface area contributed by atoms with Gasteiger partial charge in [-0.1, -0.05) is 65.7 Å². The molecule has 3 aromatic rings. The van der Waals surface area contributed by atoms with E-state index in [2.05, 4.69) is 4.98 Å². The summed E-state index contributed by atoms with van der Waals surface area (Å²) >= 11 is 13.3. The summed E-state index contributed by atoms with van der Waals surface area (Å²) in [6, 6.07) is 12.8. The minimum absolute atomic E-state index is 0.00111. The highest BCUT2D eigenvalue weighted by molar-refractivity contribution is 7.93. The van der Waals surface area contributed by atoms with Crippen molar-refractivity contribution in [1.29, 1.82) is 0 Å². The van der Waals surface area contributed by atoms with Gasteiger partial charge in [0.2, 0.25) is 0 Å². The van der Waals surface area contributed by atoms with Gasteiger partial charge in [0.1, 0.15) is 17.2 Å². The zero-order valence-corrected chi connectivity index (χ0v) is 22.4. The summed E-state index contributed by atoms with van der Waals surface area (Å²) in [5, 5.41) is 10.7. The standard InChI is InChI=1S/C26H24Cl2FN3O4S/c1-24(2,34)20-15-32(22(31-20)21-18(27)10-7-11-19(21)29)25(23(30)33)13-12-17(16-8-5-4-6-9-16)14-26(25,28)37(3,35)36/h4-15,34H,1-3H3,(H2,30,33). The molecule has 2 unspecified atom stereocenters. The molecule has 2 aromatic carbocycles. The van der Waals surface area contributed by atoms with Gasteiger partial charge in [0.25, 0.3) is 5.91 Å². The second kappa shape index (κ2) is 9.09. The summed E-state index contributed by atoms with van der Waals surface area (Å²) in [5.41, 5.74) is 2.87. The maximum absolute atomic E-state index is 15.1. The molecule has 1 aromatic heterocycles. The molecule has 0 bridgehead atoms. The molecule has 3 N–H and O–H groups in total. The number of carbonyl (C=O) groups is 1. The van der Waals surface area contributed by atoms with E-state index >= 15 is 4.39 Å². The largest absolute Gasteiger partial charge is 0.384 e. The molecular weight excluding hydrogens is 540 g/mol. The van der Waals surface area contributed by atoms with E-state index in [9.17, 15) is 18.3 Å².